The van der Waals surface area contributed by atoms with Gasteiger partial charge in [-0.3, -0.25) is 4.84 Å². The number of para-hydroxylation sites is 1. The van der Waals surface area contributed by atoms with Gasteiger partial charge in [0, 0.05) is 13.1 Å². The van der Waals surface area contributed by atoms with E-state index in [1.807, 2.05) is 61.9 Å². The molecule has 0 aliphatic carbocycles. The van der Waals surface area contributed by atoms with Crippen LogP contribution in [-0.2, 0) is 4.74 Å². The second-order valence-electron chi connectivity index (χ2n) is 6.52. The Balaban J connectivity index is 0.000000288. The van der Waals surface area contributed by atoms with Gasteiger partial charge < -0.3 is 26.9 Å². The van der Waals surface area contributed by atoms with Gasteiger partial charge in [0.25, 0.3) is 0 Å². The summed E-state index contributed by atoms with van der Waals surface area (Å²) >= 11 is 0. The second kappa shape index (κ2) is 11.6. The Morgan fingerprint density at radius 2 is 1.69 bits per heavy atom. The number of hydrogen-bond acceptors (Lipinski definition) is 5. The molecule has 0 amide bonds. The van der Waals surface area contributed by atoms with Crippen LogP contribution in [0.1, 0.15) is 0 Å². The monoisotopic (exact) mass is 422 g/mol. The Morgan fingerprint density at radius 3 is 2.14 bits per heavy atom. The number of benzene rings is 1. The molecule has 3 rings (SSSR count). The fourth-order valence-corrected chi connectivity index (χ4v) is 2.21. The number of amidine groups is 1. The van der Waals surface area contributed by atoms with Crippen molar-refractivity contribution < 1.29 is 31.4 Å². The normalized spacial score (nSPS) is 14.2. The molecule has 0 bridgehead atoms. The number of morpholine rings is 1. The van der Waals surface area contributed by atoms with Gasteiger partial charge in [-0.05, 0) is 24.4 Å². The minimum absolute atomic E-state index is 0.681. The molecule has 13 heteroatoms. The van der Waals surface area contributed by atoms with Crippen molar-refractivity contribution in [3.63, 3.8) is 0 Å². The van der Waals surface area contributed by atoms with E-state index in [4.69, 9.17) is 9.57 Å². The standard InChI is InChI=1S/C11H16N5O.C5H11NO.BF4/c1-14(2)11(15(3)4)17-16-10-8-6-5-7-9(10)12-13-16;1-6-2-4-7-5-3-6;2-1(3,4)5/h5-8H,1-4H3;2-5H2,1H3;/q+1;;-1. The molecule has 1 saturated heterocycles. The highest BCUT2D eigenvalue weighted by Gasteiger charge is 2.20. The molecule has 0 N–H and O–H groups in total. The third-order valence-electron chi connectivity index (χ3n) is 3.49. The molecule has 8 nitrogen and oxygen atoms in total. The summed E-state index contributed by atoms with van der Waals surface area (Å²) in [4.78, 5) is 11.3. The maximum Gasteiger partial charge on any atom is 0.673 e. The van der Waals surface area contributed by atoms with Crippen LogP contribution >= 0.6 is 0 Å². The lowest BCUT2D eigenvalue weighted by Crippen LogP contribution is -2.39. The molecule has 0 saturated carbocycles. The van der Waals surface area contributed by atoms with E-state index in [-0.39, 0.29) is 0 Å². The number of halogens is 4. The lowest BCUT2D eigenvalue weighted by molar-refractivity contribution is -0.480. The first-order valence-electron chi connectivity index (χ1n) is 8.83. The molecular weight excluding hydrogens is 395 g/mol. The number of hydrogen-bond donors (Lipinski definition) is 0. The summed E-state index contributed by atoms with van der Waals surface area (Å²) in [6.45, 7) is 4.02. The molecule has 2 aromatic rings. The first-order chi connectivity index (χ1) is 13.5. The van der Waals surface area contributed by atoms with E-state index in [1.165, 1.54) is 4.85 Å². The van der Waals surface area contributed by atoms with Gasteiger partial charge in [0.15, 0.2) is 0 Å². The van der Waals surface area contributed by atoms with Crippen LogP contribution < -0.4 is 4.84 Å². The predicted molar refractivity (Wildman–Crippen MR) is 103 cm³/mol. The SMILES string of the molecule is CN(C)C(On1nnc2ccccc21)=[N+](C)C.CN1CCOCC1.F[B-](F)(F)F. The second-order valence-corrected chi connectivity index (χ2v) is 6.52. The third-order valence-corrected chi connectivity index (χ3v) is 3.49. The van der Waals surface area contributed by atoms with Crippen molar-refractivity contribution in [3.8, 4) is 0 Å². The topological polar surface area (TPSA) is 58.7 Å². The first kappa shape index (κ1) is 24.6. The summed E-state index contributed by atoms with van der Waals surface area (Å²) in [5.41, 5.74) is 1.65. The van der Waals surface area contributed by atoms with Crippen molar-refractivity contribution in [3.05, 3.63) is 24.3 Å². The van der Waals surface area contributed by atoms with E-state index in [0.29, 0.717) is 6.02 Å². The maximum absolute atomic E-state index is 9.75. The smallest absolute Gasteiger partial charge is 0.418 e. The molecule has 1 fully saturated rings. The largest absolute Gasteiger partial charge is 0.673 e. The Morgan fingerprint density at radius 1 is 1.14 bits per heavy atom. The van der Waals surface area contributed by atoms with E-state index < -0.39 is 7.25 Å². The Kier molecular flexibility index (Phi) is 9.82. The predicted octanol–water partition coefficient (Wildman–Crippen LogP) is 1.30. The van der Waals surface area contributed by atoms with Crippen molar-refractivity contribution in [1.29, 1.82) is 0 Å². The van der Waals surface area contributed by atoms with Crippen molar-refractivity contribution >= 4 is 24.3 Å². The van der Waals surface area contributed by atoms with Gasteiger partial charge in [0.1, 0.15) is 11.0 Å². The summed E-state index contributed by atoms with van der Waals surface area (Å²) in [5, 5.41) is 8.00. The first-order valence-corrected chi connectivity index (χ1v) is 8.83. The summed E-state index contributed by atoms with van der Waals surface area (Å²) < 4.78 is 46.0. The highest BCUT2D eigenvalue weighted by atomic mass is 19.5. The van der Waals surface area contributed by atoms with E-state index in [2.05, 4.69) is 22.3 Å². The molecular formula is C16H27BF4N6O2. The van der Waals surface area contributed by atoms with Gasteiger partial charge >= 0.3 is 13.3 Å². The van der Waals surface area contributed by atoms with Crippen LogP contribution in [0, 0.1) is 0 Å². The molecule has 164 valence electrons. The van der Waals surface area contributed by atoms with Crippen molar-refractivity contribution in [2.45, 2.75) is 0 Å². The molecule has 1 aromatic heterocycles. The number of ether oxygens (including phenoxy) is 1. The molecule has 0 atom stereocenters. The van der Waals surface area contributed by atoms with Crippen LogP contribution in [0.2, 0.25) is 0 Å². The van der Waals surface area contributed by atoms with Crippen LogP contribution in [0.3, 0.4) is 0 Å². The fraction of sp³-hybridized carbons (Fsp3) is 0.562. The van der Waals surface area contributed by atoms with Gasteiger partial charge in [-0.25, -0.2) is 9.48 Å². The van der Waals surface area contributed by atoms with Gasteiger partial charge in [-0.15, -0.1) is 5.10 Å². The zero-order chi connectivity index (χ0) is 22.0. The van der Waals surface area contributed by atoms with Crippen LogP contribution in [0.15, 0.2) is 24.3 Å². The van der Waals surface area contributed by atoms with Gasteiger partial charge in [0.2, 0.25) is 0 Å². The molecule has 1 aliphatic heterocycles. The summed E-state index contributed by atoms with van der Waals surface area (Å²) in [6, 6.07) is 8.34. The lowest BCUT2D eigenvalue weighted by atomic mass is 10.3. The number of fused-ring (bicyclic) bond motifs is 1. The van der Waals surface area contributed by atoms with Crippen LogP contribution in [0.5, 0.6) is 0 Å². The average molecular weight is 422 g/mol. The van der Waals surface area contributed by atoms with E-state index in [0.717, 1.165) is 37.3 Å². The molecule has 29 heavy (non-hydrogen) atoms. The Labute approximate surface area is 167 Å². The van der Waals surface area contributed by atoms with Crippen LogP contribution in [0.25, 0.3) is 11.0 Å². The highest BCUT2D eigenvalue weighted by Crippen LogP contribution is 2.08. The van der Waals surface area contributed by atoms with Crippen LogP contribution in [0.4, 0.5) is 17.3 Å². The lowest BCUT2D eigenvalue weighted by Gasteiger charge is -2.21. The molecule has 1 aliphatic rings. The highest BCUT2D eigenvalue weighted by molar-refractivity contribution is 6.50. The van der Waals surface area contributed by atoms with E-state index in [1.54, 1.807) is 0 Å². The van der Waals surface area contributed by atoms with Crippen molar-refractivity contribution in [2.75, 3.05) is 61.5 Å². The number of nitrogens with zero attached hydrogens (tertiary/aromatic N) is 6. The zero-order valence-electron chi connectivity index (χ0n) is 17.2. The zero-order valence-corrected chi connectivity index (χ0v) is 17.2. The number of rotatable bonds is 1. The maximum atomic E-state index is 9.75. The van der Waals surface area contributed by atoms with Gasteiger partial charge in [-0.1, -0.05) is 17.0 Å². The summed E-state index contributed by atoms with van der Waals surface area (Å²) in [6.07, 6.45) is 0. The molecule has 0 spiro atoms. The third kappa shape index (κ3) is 10.1. The summed E-state index contributed by atoms with van der Waals surface area (Å²) in [5.74, 6) is 0. The molecule has 2 heterocycles. The van der Waals surface area contributed by atoms with E-state index >= 15 is 0 Å². The number of aromatic nitrogens is 3. The fourth-order valence-electron chi connectivity index (χ4n) is 2.21. The number of likely N-dealkylation sites (N-methyl/N-ethyl adjacent to an activating group) is 1. The molecule has 0 unspecified atom stereocenters. The molecule has 0 radical (unpaired) electrons. The summed E-state index contributed by atoms with van der Waals surface area (Å²) in [7, 11) is 3.76. The Bertz CT molecular complexity index is 768. The van der Waals surface area contributed by atoms with Gasteiger partial charge in [0.05, 0.1) is 41.4 Å². The average Bonchev–Trinajstić information content (AvgIpc) is 3.02. The van der Waals surface area contributed by atoms with Gasteiger partial charge in [-0.2, -0.15) is 0 Å². The Hall–Kier alpha value is -2.41. The minimum atomic E-state index is -6.00. The quantitative estimate of drug-likeness (QED) is 0.227. The molecule has 1 aromatic carbocycles. The van der Waals surface area contributed by atoms with Crippen molar-refractivity contribution in [1.82, 2.24) is 25.0 Å². The van der Waals surface area contributed by atoms with Crippen LogP contribution in [-0.4, -0.2) is 104 Å². The minimum Gasteiger partial charge on any atom is -0.418 e. The van der Waals surface area contributed by atoms with E-state index in [9.17, 15) is 17.3 Å². The van der Waals surface area contributed by atoms with Crippen molar-refractivity contribution in [2.24, 2.45) is 0 Å².